The highest BCUT2D eigenvalue weighted by molar-refractivity contribution is 7.80. The summed E-state index contributed by atoms with van der Waals surface area (Å²) in [6, 6.07) is 8.33. The molecule has 1 aromatic carbocycles. The minimum Gasteiger partial charge on any atom is -0.497 e. The van der Waals surface area contributed by atoms with Crippen molar-refractivity contribution >= 4 is 12.6 Å². The second-order valence-corrected chi connectivity index (χ2v) is 5.24. The van der Waals surface area contributed by atoms with Crippen molar-refractivity contribution in [1.82, 2.24) is 5.32 Å². The van der Waals surface area contributed by atoms with Gasteiger partial charge < -0.3 is 10.1 Å². The lowest BCUT2D eigenvalue weighted by molar-refractivity contribution is 0.414. The summed E-state index contributed by atoms with van der Waals surface area (Å²) in [6.45, 7) is 4.18. The summed E-state index contributed by atoms with van der Waals surface area (Å²) in [6.07, 6.45) is 3.58. The van der Waals surface area contributed by atoms with Gasteiger partial charge >= 0.3 is 0 Å². The van der Waals surface area contributed by atoms with Crippen LogP contribution in [0.2, 0.25) is 0 Å². The number of aryl methyl sites for hydroxylation is 1. The van der Waals surface area contributed by atoms with E-state index in [1.54, 1.807) is 7.11 Å². The predicted molar refractivity (Wildman–Crippen MR) is 77.2 cm³/mol. The van der Waals surface area contributed by atoms with Gasteiger partial charge in [0.25, 0.3) is 0 Å². The zero-order valence-corrected chi connectivity index (χ0v) is 11.7. The van der Waals surface area contributed by atoms with Crippen LogP contribution in [0.5, 0.6) is 5.75 Å². The normalized spacial score (nSPS) is 12.4. The van der Waals surface area contributed by atoms with Crippen molar-refractivity contribution in [1.29, 1.82) is 0 Å². The van der Waals surface area contributed by atoms with Crippen LogP contribution >= 0.6 is 12.6 Å². The summed E-state index contributed by atoms with van der Waals surface area (Å²) in [5.41, 5.74) is 1.38. The fraction of sp³-hybridized carbons (Fsp3) is 0.571. The van der Waals surface area contributed by atoms with E-state index in [0.717, 1.165) is 25.3 Å². The number of benzene rings is 1. The van der Waals surface area contributed by atoms with Gasteiger partial charge in [-0.15, -0.1) is 0 Å². The fourth-order valence-electron chi connectivity index (χ4n) is 1.68. The van der Waals surface area contributed by atoms with E-state index < -0.39 is 0 Å². The predicted octanol–water partition coefficient (Wildman–Crippen LogP) is 2.93. The molecule has 0 saturated heterocycles. The molecule has 0 aromatic heterocycles. The largest absolute Gasteiger partial charge is 0.497 e. The molecule has 17 heavy (non-hydrogen) atoms. The van der Waals surface area contributed by atoms with Gasteiger partial charge in [0.2, 0.25) is 0 Å². The maximum Gasteiger partial charge on any atom is 0.118 e. The van der Waals surface area contributed by atoms with E-state index in [-0.39, 0.29) is 0 Å². The Bertz CT molecular complexity index is 298. The molecule has 0 amide bonds. The van der Waals surface area contributed by atoms with Crippen LogP contribution in [0.3, 0.4) is 0 Å². The van der Waals surface area contributed by atoms with Crippen LogP contribution in [0.4, 0.5) is 0 Å². The van der Waals surface area contributed by atoms with Crippen LogP contribution in [0.25, 0.3) is 0 Å². The first-order valence-corrected chi connectivity index (χ1v) is 6.75. The highest BCUT2D eigenvalue weighted by Gasteiger charge is 1.96. The number of rotatable bonds is 8. The SMILES string of the molecule is COc1ccc(CCCCNCC(C)S)cc1. The maximum absolute atomic E-state index is 5.13. The molecule has 0 aliphatic carbocycles. The number of unbranched alkanes of at least 4 members (excludes halogenated alkanes) is 1. The van der Waals surface area contributed by atoms with Crippen molar-refractivity contribution in [3.8, 4) is 5.75 Å². The van der Waals surface area contributed by atoms with Crippen LogP contribution in [-0.4, -0.2) is 25.4 Å². The van der Waals surface area contributed by atoms with Gasteiger partial charge in [0.15, 0.2) is 0 Å². The van der Waals surface area contributed by atoms with E-state index in [9.17, 15) is 0 Å². The third kappa shape index (κ3) is 6.59. The number of methoxy groups -OCH3 is 1. The number of thiol groups is 1. The van der Waals surface area contributed by atoms with Gasteiger partial charge in [-0.25, -0.2) is 0 Å². The lowest BCUT2D eigenvalue weighted by atomic mass is 10.1. The Kier molecular flexibility index (Phi) is 7.13. The van der Waals surface area contributed by atoms with Crippen molar-refractivity contribution in [3.63, 3.8) is 0 Å². The number of hydrogen-bond donors (Lipinski definition) is 2. The van der Waals surface area contributed by atoms with Crippen molar-refractivity contribution in [3.05, 3.63) is 29.8 Å². The molecule has 1 rings (SSSR count). The summed E-state index contributed by atoms with van der Waals surface area (Å²) in [4.78, 5) is 0. The van der Waals surface area contributed by atoms with E-state index in [0.29, 0.717) is 5.25 Å². The molecule has 1 atom stereocenters. The summed E-state index contributed by atoms with van der Waals surface area (Å²) in [5, 5.41) is 3.83. The smallest absolute Gasteiger partial charge is 0.118 e. The molecule has 0 fully saturated rings. The quantitative estimate of drug-likeness (QED) is 0.549. The fourth-order valence-corrected chi connectivity index (χ4v) is 1.81. The Hall–Kier alpha value is -0.670. The zero-order valence-electron chi connectivity index (χ0n) is 10.8. The Morgan fingerprint density at radius 2 is 1.94 bits per heavy atom. The first-order chi connectivity index (χ1) is 8.22. The number of hydrogen-bond acceptors (Lipinski definition) is 3. The van der Waals surface area contributed by atoms with Crippen LogP contribution in [-0.2, 0) is 6.42 Å². The zero-order chi connectivity index (χ0) is 12.5. The van der Waals surface area contributed by atoms with E-state index in [1.807, 2.05) is 12.1 Å². The van der Waals surface area contributed by atoms with Crippen LogP contribution in [0, 0.1) is 0 Å². The summed E-state index contributed by atoms with van der Waals surface area (Å²) >= 11 is 4.32. The van der Waals surface area contributed by atoms with Crippen LogP contribution < -0.4 is 10.1 Å². The Labute approximate surface area is 110 Å². The average Bonchev–Trinajstić information content (AvgIpc) is 2.34. The Morgan fingerprint density at radius 1 is 1.24 bits per heavy atom. The molecule has 3 heteroatoms. The molecule has 96 valence electrons. The van der Waals surface area contributed by atoms with Crippen molar-refractivity contribution in [2.75, 3.05) is 20.2 Å². The van der Waals surface area contributed by atoms with Crippen molar-refractivity contribution < 1.29 is 4.74 Å². The molecule has 0 aliphatic rings. The molecule has 1 aromatic rings. The molecule has 0 spiro atoms. The summed E-state index contributed by atoms with van der Waals surface area (Å²) in [5.74, 6) is 0.929. The summed E-state index contributed by atoms with van der Waals surface area (Å²) in [7, 11) is 1.70. The monoisotopic (exact) mass is 253 g/mol. The summed E-state index contributed by atoms with van der Waals surface area (Å²) < 4.78 is 5.13. The first kappa shape index (κ1) is 14.4. The maximum atomic E-state index is 5.13. The number of nitrogens with one attached hydrogen (secondary N) is 1. The van der Waals surface area contributed by atoms with Gasteiger partial charge in [0.1, 0.15) is 5.75 Å². The molecule has 2 nitrogen and oxygen atoms in total. The highest BCUT2D eigenvalue weighted by Crippen LogP contribution is 2.12. The minimum atomic E-state index is 0.441. The molecule has 0 radical (unpaired) electrons. The number of ether oxygens (including phenoxy) is 1. The minimum absolute atomic E-state index is 0.441. The molecule has 0 heterocycles. The van der Waals surface area contributed by atoms with E-state index in [1.165, 1.54) is 18.4 Å². The Morgan fingerprint density at radius 3 is 2.53 bits per heavy atom. The molecule has 1 N–H and O–H groups in total. The van der Waals surface area contributed by atoms with Gasteiger partial charge in [0, 0.05) is 11.8 Å². The topological polar surface area (TPSA) is 21.3 Å². The first-order valence-electron chi connectivity index (χ1n) is 6.24. The standard InChI is InChI=1S/C14H23NOS/c1-12(17)11-15-10-4-3-5-13-6-8-14(16-2)9-7-13/h6-9,12,15,17H,3-5,10-11H2,1-2H3. The molecular formula is C14H23NOS. The van der Waals surface area contributed by atoms with Crippen LogP contribution in [0.1, 0.15) is 25.3 Å². The van der Waals surface area contributed by atoms with E-state index in [2.05, 4.69) is 37.0 Å². The second-order valence-electron chi connectivity index (χ2n) is 4.36. The van der Waals surface area contributed by atoms with E-state index >= 15 is 0 Å². The second kappa shape index (κ2) is 8.43. The molecule has 0 saturated carbocycles. The third-order valence-corrected chi connectivity index (χ3v) is 2.85. The third-order valence-electron chi connectivity index (χ3n) is 2.67. The molecular weight excluding hydrogens is 230 g/mol. The molecule has 0 aliphatic heterocycles. The highest BCUT2D eigenvalue weighted by atomic mass is 32.1. The average molecular weight is 253 g/mol. The lowest BCUT2D eigenvalue weighted by Gasteiger charge is -2.07. The van der Waals surface area contributed by atoms with Crippen molar-refractivity contribution in [2.45, 2.75) is 31.4 Å². The van der Waals surface area contributed by atoms with Gasteiger partial charge in [-0.1, -0.05) is 19.1 Å². The lowest BCUT2D eigenvalue weighted by Crippen LogP contribution is -2.22. The van der Waals surface area contributed by atoms with Crippen molar-refractivity contribution in [2.24, 2.45) is 0 Å². The molecule has 0 bridgehead atoms. The van der Waals surface area contributed by atoms with Gasteiger partial charge in [0.05, 0.1) is 7.11 Å². The van der Waals surface area contributed by atoms with E-state index in [4.69, 9.17) is 4.74 Å². The Balaban J connectivity index is 2.09. The van der Waals surface area contributed by atoms with Gasteiger partial charge in [-0.3, -0.25) is 0 Å². The molecule has 1 unspecified atom stereocenters. The van der Waals surface area contributed by atoms with Crippen LogP contribution in [0.15, 0.2) is 24.3 Å². The van der Waals surface area contributed by atoms with Gasteiger partial charge in [-0.05, 0) is 43.5 Å². The van der Waals surface area contributed by atoms with Gasteiger partial charge in [-0.2, -0.15) is 12.6 Å².